The van der Waals surface area contributed by atoms with Gasteiger partial charge in [-0.1, -0.05) is 25.8 Å². The summed E-state index contributed by atoms with van der Waals surface area (Å²) in [4.78, 5) is 26.7. The molecule has 128 valence electrons. The fourth-order valence-electron chi connectivity index (χ4n) is 2.28. The van der Waals surface area contributed by atoms with Gasteiger partial charge in [0.25, 0.3) is 0 Å². The predicted molar refractivity (Wildman–Crippen MR) is 92.9 cm³/mol. The normalized spacial score (nSPS) is 10.5. The molecule has 0 aliphatic carbocycles. The van der Waals surface area contributed by atoms with E-state index >= 15 is 0 Å². The Morgan fingerprint density at radius 3 is 2.62 bits per heavy atom. The van der Waals surface area contributed by atoms with Gasteiger partial charge in [-0.2, -0.15) is 4.98 Å². The number of ether oxygens (including phenoxy) is 1. The molecular formula is C18H24N4O2. The number of hydrogen-bond acceptors (Lipinski definition) is 5. The molecule has 24 heavy (non-hydrogen) atoms. The largest absolute Gasteiger partial charge is 0.416 e. The van der Waals surface area contributed by atoms with Crippen LogP contribution in [0.5, 0.6) is 5.88 Å². The molecule has 0 spiro atoms. The summed E-state index contributed by atoms with van der Waals surface area (Å²) in [6.07, 6.45) is 5.28. The Hall–Kier alpha value is -2.50. The lowest BCUT2D eigenvalue weighted by Crippen LogP contribution is -2.26. The molecule has 6 nitrogen and oxygen atoms in total. The third-order valence-electron chi connectivity index (χ3n) is 3.65. The molecule has 1 amide bonds. The lowest BCUT2D eigenvalue weighted by Gasteiger charge is -2.15. The number of pyridine rings is 1. The van der Waals surface area contributed by atoms with Crippen LogP contribution in [0.15, 0.2) is 24.4 Å². The van der Waals surface area contributed by atoms with Gasteiger partial charge in [-0.05, 0) is 31.9 Å². The minimum atomic E-state index is -0.447. The topological polar surface area (TPSA) is 68.2 Å². The van der Waals surface area contributed by atoms with E-state index in [2.05, 4.69) is 21.9 Å². The highest BCUT2D eigenvalue weighted by Crippen LogP contribution is 2.25. The van der Waals surface area contributed by atoms with Gasteiger partial charge in [-0.15, -0.1) is 0 Å². The Labute approximate surface area is 142 Å². The van der Waals surface area contributed by atoms with Gasteiger partial charge in [-0.3, -0.25) is 4.98 Å². The maximum Gasteiger partial charge on any atom is 0.416 e. The molecule has 2 heterocycles. The van der Waals surface area contributed by atoms with Crippen LogP contribution in [0, 0.1) is 6.92 Å². The Bertz CT molecular complexity index is 687. The van der Waals surface area contributed by atoms with Crippen LogP contribution in [0.25, 0.3) is 11.5 Å². The minimum Gasteiger partial charge on any atom is -0.391 e. The van der Waals surface area contributed by atoms with Crippen LogP contribution in [-0.2, 0) is 6.42 Å². The lowest BCUT2D eigenvalue weighted by molar-refractivity contribution is 0.169. The lowest BCUT2D eigenvalue weighted by atomic mass is 10.1. The summed E-state index contributed by atoms with van der Waals surface area (Å²) in [6, 6.07) is 5.55. The molecule has 0 N–H and O–H groups in total. The first kappa shape index (κ1) is 17.8. The third kappa shape index (κ3) is 4.50. The number of aromatic nitrogens is 3. The number of amides is 1. The SMILES string of the molecule is CCCCCc1c(C)nc(-c2ccccn2)nc1OC(=O)N(C)C. The van der Waals surface area contributed by atoms with Crippen LogP contribution in [0.1, 0.15) is 37.4 Å². The van der Waals surface area contributed by atoms with Crippen LogP contribution in [-0.4, -0.2) is 40.0 Å². The summed E-state index contributed by atoms with van der Waals surface area (Å²) < 4.78 is 5.49. The molecule has 0 fully saturated rings. The summed E-state index contributed by atoms with van der Waals surface area (Å²) >= 11 is 0. The maximum absolute atomic E-state index is 12.0. The van der Waals surface area contributed by atoms with E-state index in [-0.39, 0.29) is 0 Å². The smallest absolute Gasteiger partial charge is 0.391 e. The van der Waals surface area contributed by atoms with Crippen molar-refractivity contribution in [3.8, 4) is 17.4 Å². The van der Waals surface area contributed by atoms with Crippen molar-refractivity contribution in [1.82, 2.24) is 19.9 Å². The summed E-state index contributed by atoms with van der Waals surface area (Å²) in [5.74, 6) is 0.798. The predicted octanol–water partition coefficient (Wildman–Crippen LogP) is 3.64. The van der Waals surface area contributed by atoms with Gasteiger partial charge in [0.2, 0.25) is 5.88 Å². The molecule has 0 aliphatic heterocycles. The number of unbranched alkanes of at least 4 members (excludes halogenated alkanes) is 2. The Kier molecular flexibility index (Phi) is 6.23. The van der Waals surface area contributed by atoms with E-state index < -0.39 is 6.09 Å². The second kappa shape index (κ2) is 8.38. The van der Waals surface area contributed by atoms with Crippen molar-refractivity contribution < 1.29 is 9.53 Å². The molecule has 0 saturated heterocycles. The van der Waals surface area contributed by atoms with E-state index in [0.29, 0.717) is 17.4 Å². The van der Waals surface area contributed by atoms with Gasteiger partial charge >= 0.3 is 6.09 Å². The van der Waals surface area contributed by atoms with E-state index in [0.717, 1.165) is 36.9 Å². The maximum atomic E-state index is 12.0. The monoisotopic (exact) mass is 328 g/mol. The van der Waals surface area contributed by atoms with Gasteiger partial charge in [-0.25, -0.2) is 9.78 Å². The standard InChI is InChI=1S/C18H24N4O2/c1-5-6-7-10-14-13(2)20-16(15-11-8-9-12-19-15)21-17(14)24-18(23)22(3)4/h8-9,11-12H,5-7,10H2,1-4H3. The minimum absolute atomic E-state index is 0.331. The van der Waals surface area contributed by atoms with Gasteiger partial charge in [0.15, 0.2) is 5.82 Å². The van der Waals surface area contributed by atoms with E-state index in [1.165, 1.54) is 4.90 Å². The van der Waals surface area contributed by atoms with Gasteiger partial charge < -0.3 is 9.64 Å². The number of rotatable bonds is 6. The zero-order valence-electron chi connectivity index (χ0n) is 14.7. The van der Waals surface area contributed by atoms with Gasteiger partial charge in [0.05, 0.1) is 0 Å². The quantitative estimate of drug-likeness (QED) is 0.757. The highest BCUT2D eigenvalue weighted by molar-refractivity contribution is 5.70. The Balaban J connectivity index is 2.40. The fourth-order valence-corrected chi connectivity index (χ4v) is 2.28. The van der Waals surface area contributed by atoms with Crippen LogP contribution in [0.2, 0.25) is 0 Å². The third-order valence-corrected chi connectivity index (χ3v) is 3.65. The molecule has 0 unspecified atom stereocenters. The van der Waals surface area contributed by atoms with Crippen molar-refractivity contribution in [2.75, 3.05) is 14.1 Å². The second-order valence-corrected chi connectivity index (χ2v) is 5.85. The highest BCUT2D eigenvalue weighted by atomic mass is 16.6. The molecular weight excluding hydrogens is 304 g/mol. The van der Waals surface area contributed by atoms with E-state index in [4.69, 9.17) is 4.74 Å². The van der Waals surface area contributed by atoms with Crippen molar-refractivity contribution >= 4 is 6.09 Å². The highest BCUT2D eigenvalue weighted by Gasteiger charge is 2.18. The summed E-state index contributed by atoms with van der Waals surface area (Å²) in [7, 11) is 3.29. The molecule has 0 bridgehead atoms. The van der Waals surface area contributed by atoms with Crippen LogP contribution < -0.4 is 4.74 Å². The van der Waals surface area contributed by atoms with Crippen LogP contribution in [0.4, 0.5) is 4.79 Å². The number of nitrogens with zero attached hydrogens (tertiary/aromatic N) is 4. The number of carbonyl (C=O) groups excluding carboxylic acids is 1. The van der Waals surface area contributed by atoms with Crippen molar-refractivity contribution in [3.63, 3.8) is 0 Å². The zero-order valence-corrected chi connectivity index (χ0v) is 14.7. The summed E-state index contributed by atoms with van der Waals surface area (Å²) in [5, 5.41) is 0. The van der Waals surface area contributed by atoms with E-state index in [9.17, 15) is 4.79 Å². The number of carbonyl (C=O) groups is 1. The van der Waals surface area contributed by atoms with Crippen LogP contribution in [0.3, 0.4) is 0 Å². The van der Waals surface area contributed by atoms with Crippen LogP contribution >= 0.6 is 0 Å². The number of hydrogen-bond donors (Lipinski definition) is 0. The first-order chi connectivity index (χ1) is 11.5. The summed E-state index contributed by atoms with van der Waals surface area (Å²) in [6.45, 7) is 4.07. The second-order valence-electron chi connectivity index (χ2n) is 5.85. The molecule has 2 aromatic heterocycles. The molecule has 2 rings (SSSR count). The van der Waals surface area contributed by atoms with E-state index in [1.54, 1.807) is 20.3 Å². The van der Waals surface area contributed by atoms with Crippen molar-refractivity contribution in [2.45, 2.75) is 39.5 Å². The molecule has 0 atom stereocenters. The Morgan fingerprint density at radius 1 is 1.21 bits per heavy atom. The molecule has 0 aromatic carbocycles. The van der Waals surface area contributed by atoms with Crippen molar-refractivity contribution in [3.05, 3.63) is 35.7 Å². The average molecular weight is 328 g/mol. The first-order valence-corrected chi connectivity index (χ1v) is 8.21. The van der Waals surface area contributed by atoms with E-state index in [1.807, 2.05) is 25.1 Å². The van der Waals surface area contributed by atoms with Crippen molar-refractivity contribution in [2.24, 2.45) is 0 Å². The zero-order chi connectivity index (χ0) is 17.5. The fraction of sp³-hybridized carbons (Fsp3) is 0.444. The molecule has 2 aromatic rings. The average Bonchev–Trinajstić information content (AvgIpc) is 2.57. The molecule has 0 aliphatic rings. The first-order valence-electron chi connectivity index (χ1n) is 8.21. The Morgan fingerprint density at radius 2 is 2.00 bits per heavy atom. The van der Waals surface area contributed by atoms with Crippen molar-refractivity contribution in [1.29, 1.82) is 0 Å². The number of aryl methyl sites for hydroxylation is 1. The van der Waals surface area contributed by atoms with Gasteiger partial charge in [0, 0.05) is 31.5 Å². The molecule has 0 radical (unpaired) electrons. The summed E-state index contributed by atoms with van der Waals surface area (Å²) in [5.41, 5.74) is 2.37. The molecule has 6 heteroatoms. The van der Waals surface area contributed by atoms with Gasteiger partial charge in [0.1, 0.15) is 5.69 Å². The molecule has 0 saturated carbocycles.